The van der Waals surface area contributed by atoms with Crippen molar-refractivity contribution in [2.24, 2.45) is 0 Å². The first kappa shape index (κ1) is 40.9. The highest BCUT2D eigenvalue weighted by molar-refractivity contribution is 6.19. The topological polar surface area (TPSA) is 8.17 Å². The summed E-state index contributed by atoms with van der Waals surface area (Å²) in [6, 6.07) is 95.1. The first-order chi connectivity index (χ1) is 35.5. The highest BCUT2D eigenvalue weighted by Gasteiger charge is 2.52. The van der Waals surface area contributed by atoms with Crippen molar-refractivity contribution in [3.05, 3.63) is 288 Å². The molecule has 15 rings (SSSR count). The molecular weight excluding hydrogens is 869 g/mol. The maximum absolute atomic E-state index is 2.51. The van der Waals surface area contributed by atoms with Gasteiger partial charge < -0.3 is 9.47 Å². The van der Waals surface area contributed by atoms with E-state index in [4.69, 9.17) is 0 Å². The van der Waals surface area contributed by atoms with Crippen molar-refractivity contribution >= 4 is 38.9 Å². The van der Waals surface area contributed by atoms with Gasteiger partial charge in [0.1, 0.15) is 0 Å². The van der Waals surface area contributed by atoms with E-state index in [-0.39, 0.29) is 5.41 Å². The van der Waals surface area contributed by atoms with E-state index >= 15 is 0 Å². The molecule has 1 aromatic heterocycles. The van der Waals surface area contributed by atoms with E-state index < -0.39 is 5.41 Å². The fraction of sp³-hybridized carbons (Fsp3) is 0.0571. The molecule has 1 atom stereocenters. The van der Waals surface area contributed by atoms with Crippen LogP contribution in [-0.2, 0) is 10.8 Å². The molecule has 2 heteroatoms. The first-order valence-corrected chi connectivity index (χ1v) is 25.3. The van der Waals surface area contributed by atoms with Gasteiger partial charge in [-0.05, 0) is 156 Å². The van der Waals surface area contributed by atoms with Crippen molar-refractivity contribution in [3.8, 4) is 61.3 Å². The predicted molar refractivity (Wildman–Crippen MR) is 300 cm³/mol. The van der Waals surface area contributed by atoms with E-state index in [9.17, 15) is 0 Å². The molecule has 0 fully saturated rings. The minimum absolute atomic E-state index is 0.118. The molecule has 72 heavy (non-hydrogen) atoms. The fourth-order valence-electron chi connectivity index (χ4n) is 13.2. The Labute approximate surface area is 420 Å². The Bertz CT molecular complexity index is 4160. The minimum atomic E-state index is -0.498. The number of hydrogen-bond donors (Lipinski definition) is 0. The lowest BCUT2D eigenvalue weighted by Gasteiger charge is -2.31. The summed E-state index contributed by atoms with van der Waals surface area (Å²) in [4.78, 5) is 2.42. The second-order valence-corrected chi connectivity index (χ2v) is 20.4. The largest absolute Gasteiger partial charge is 0.310 e. The number of nitrogens with zero attached hydrogens (tertiary/aromatic N) is 2. The molecule has 2 nitrogen and oxygen atoms in total. The van der Waals surface area contributed by atoms with Crippen LogP contribution in [0.5, 0.6) is 0 Å². The molecule has 12 aromatic rings. The van der Waals surface area contributed by atoms with Gasteiger partial charge >= 0.3 is 0 Å². The molecule has 338 valence electrons. The van der Waals surface area contributed by atoms with Gasteiger partial charge in [-0.15, -0.1) is 0 Å². The van der Waals surface area contributed by atoms with Gasteiger partial charge in [-0.1, -0.05) is 202 Å². The summed E-state index contributed by atoms with van der Waals surface area (Å²) in [5.41, 5.74) is 27.2. The van der Waals surface area contributed by atoms with Gasteiger partial charge in [-0.3, -0.25) is 0 Å². The zero-order valence-electron chi connectivity index (χ0n) is 40.1. The second kappa shape index (κ2) is 15.3. The lowest BCUT2D eigenvalue weighted by Crippen LogP contribution is -2.25. The number of benzene rings is 11. The summed E-state index contributed by atoms with van der Waals surface area (Å²) in [5, 5.41) is 2.58. The van der Waals surface area contributed by atoms with Crippen LogP contribution in [0.1, 0.15) is 47.2 Å². The van der Waals surface area contributed by atoms with E-state index in [1.54, 1.807) is 0 Å². The van der Waals surface area contributed by atoms with Crippen LogP contribution in [0.15, 0.2) is 255 Å². The van der Waals surface area contributed by atoms with Crippen LogP contribution in [-0.4, -0.2) is 4.57 Å². The van der Waals surface area contributed by atoms with Crippen LogP contribution in [0.2, 0.25) is 0 Å². The molecule has 0 saturated carbocycles. The average molecular weight is 917 g/mol. The Morgan fingerprint density at radius 1 is 0.319 bits per heavy atom. The molecule has 11 aromatic carbocycles. The lowest BCUT2D eigenvalue weighted by molar-refractivity contribution is 0.660. The van der Waals surface area contributed by atoms with Gasteiger partial charge in [0.15, 0.2) is 0 Å². The molecule has 1 heterocycles. The number of hydrogen-bond acceptors (Lipinski definition) is 1. The Balaban J connectivity index is 0.886. The quantitative estimate of drug-likeness (QED) is 0.161. The van der Waals surface area contributed by atoms with Gasteiger partial charge in [0.25, 0.3) is 0 Å². The van der Waals surface area contributed by atoms with Gasteiger partial charge in [0.2, 0.25) is 0 Å². The van der Waals surface area contributed by atoms with Gasteiger partial charge in [-0.2, -0.15) is 0 Å². The fourth-order valence-corrected chi connectivity index (χ4v) is 13.2. The van der Waals surface area contributed by atoms with E-state index in [2.05, 4.69) is 278 Å². The minimum Gasteiger partial charge on any atom is -0.310 e. The number of anilines is 3. The lowest BCUT2D eigenvalue weighted by atomic mass is 9.70. The van der Waals surface area contributed by atoms with E-state index in [0.717, 1.165) is 17.1 Å². The maximum Gasteiger partial charge on any atom is 0.0726 e. The number of rotatable bonds is 6. The van der Waals surface area contributed by atoms with E-state index in [1.807, 2.05) is 0 Å². The molecule has 1 unspecified atom stereocenters. The number of aromatic nitrogens is 1. The maximum atomic E-state index is 2.51. The summed E-state index contributed by atoms with van der Waals surface area (Å²) >= 11 is 0. The molecule has 1 spiro atoms. The smallest absolute Gasteiger partial charge is 0.0726 e. The summed E-state index contributed by atoms with van der Waals surface area (Å²) < 4.78 is 2.45. The summed E-state index contributed by atoms with van der Waals surface area (Å²) in [5.74, 6) is 0. The predicted octanol–water partition coefficient (Wildman–Crippen LogP) is 18.2. The van der Waals surface area contributed by atoms with Crippen LogP contribution < -0.4 is 4.90 Å². The molecular formula is C70H48N2. The van der Waals surface area contributed by atoms with Gasteiger partial charge in [-0.25, -0.2) is 0 Å². The van der Waals surface area contributed by atoms with Crippen molar-refractivity contribution in [3.63, 3.8) is 0 Å². The Kier molecular flexibility index (Phi) is 8.66. The number of para-hydroxylation sites is 2. The SMILES string of the molecule is CC1(C)c2ccccc2-c2ccc(N(c3ccc(-c4ccccc4)cc3)c3ccc(-c4ccc5c(c4)C4(c6ccccc6-5)c5ccccc5-c5c4ccc4c5c5ccccc5n4-c4ccccc4)cc3)cc21. The van der Waals surface area contributed by atoms with Crippen LogP contribution >= 0.6 is 0 Å². The van der Waals surface area contributed by atoms with Gasteiger partial charge in [0.05, 0.1) is 16.4 Å². The van der Waals surface area contributed by atoms with Crippen molar-refractivity contribution < 1.29 is 0 Å². The highest BCUT2D eigenvalue weighted by Crippen LogP contribution is 2.65. The number of fused-ring (bicyclic) bond motifs is 17. The average Bonchev–Trinajstić information content (AvgIpc) is 4.12. The molecule has 0 bridgehead atoms. The molecule has 3 aliphatic carbocycles. The molecule has 3 aliphatic rings. The van der Waals surface area contributed by atoms with Crippen molar-refractivity contribution in [2.45, 2.75) is 24.7 Å². The van der Waals surface area contributed by atoms with Crippen molar-refractivity contribution in [2.75, 3.05) is 4.90 Å². The highest BCUT2D eigenvalue weighted by atomic mass is 15.1. The zero-order chi connectivity index (χ0) is 47.7. The van der Waals surface area contributed by atoms with Crippen LogP contribution in [0.3, 0.4) is 0 Å². The van der Waals surface area contributed by atoms with Crippen molar-refractivity contribution in [1.82, 2.24) is 4.57 Å². The first-order valence-electron chi connectivity index (χ1n) is 25.3. The van der Waals surface area contributed by atoms with Crippen LogP contribution in [0.25, 0.3) is 83.1 Å². The standard InChI is InChI=1S/C70H48N2/c1-69(2)59-25-13-9-21-53(59)55-40-38-52(44-63(55)69)71(50-34-29-46(30-35-50)45-17-5-3-6-18-45)51-36-31-47(32-37-51)48-33-39-56-54-22-10-14-26-60(54)70(64(56)43-48)61-27-15-11-23-57(61)67-62(70)41-42-66-68(67)58-24-12-16-28-65(58)72(66)49-19-7-4-8-20-49/h3-44H,1-2H3. The van der Waals surface area contributed by atoms with Crippen molar-refractivity contribution in [1.29, 1.82) is 0 Å². The van der Waals surface area contributed by atoms with E-state index in [1.165, 1.54) is 117 Å². The second-order valence-electron chi connectivity index (χ2n) is 20.4. The Hall–Kier alpha value is -8.98. The normalized spacial score (nSPS) is 15.2. The molecule has 0 aliphatic heterocycles. The monoisotopic (exact) mass is 916 g/mol. The molecule has 0 saturated heterocycles. The Morgan fingerprint density at radius 3 is 1.54 bits per heavy atom. The zero-order valence-corrected chi connectivity index (χ0v) is 40.1. The van der Waals surface area contributed by atoms with Crippen LogP contribution in [0, 0.1) is 0 Å². The summed E-state index contributed by atoms with van der Waals surface area (Å²) in [7, 11) is 0. The molecule has 0 amide bonds. The van der Waals surface area contributed by atoms with Crippen LogP contribution in [0.4, 0.5) is 17.1 Å². The molecule has 0 N–H and O–H groups in total. The summed E-state index contributed by atoms with van der Waals surface area (Å²) in [6.07, 6.45) is 0. The summed E-state index contributed by atoms with van der Waals surface area (Å²) in [6.45, 7) is 4.73. The molecule has 0 radical (unpaired) electrons. The van der Waals surface area contributed by atoms with Gasteiger partial charge in [0, 0.05) is 38.9 Å². The third-order valence-electron chi connectivity index (χ3n) is 16.4. The van der Waals surface area contributed by atoms with E-state index in [0.29, 0.717) is 0 Å². The third-order valence-corrected chi connectivity index (χ3v) is 16.4. The third kappa shape index (κ3) is 5.61. The Morgan fingerprint density at radius 2 is 0.819 bits per heavy atom.